The molecular weight excluding hydrogens is 558 g/mol. The number of anilines is 1. The van der Waals surface area contributed by atoms with E-state index < -0.39 is 64.9 Å². The molecule has 1 amide bonds. The lowest BCUT2D eigenvalue weighted by Crippen LogP contribution is -2.69. The molecule has 0 radical (unpaired) electrons. The average Bonchev–Trinajstić information content (AvgIpc) is 3.31. The van der Waals surface area contributed by atoms with E-state index in [1.54, 1.807) is 0 Å². The third-order valence-corrected chi connectivity index (χ3v) is 6.14. The first-order chi connectivity index (χ1) is 18.7. The number of thiazole rings is 1. The summed E-state index contributed by atoms with van der Waals surface area (Å²) in [6, 6.07) is 5.57. The predicted molar refractivity (Wildman–Crippen MR) is 131 cm³/mol. The molecule has 3 rings (SSSR count). The van der Waals surface area contributed by atoms with E-state index in [2.05, 4.69) is 10.3 Å². The minimum absolute atomic E-state index is 0.0884. The van der Waals surface area contributed by atoms with Gasteiger partial charge in [0.05, 0.1) is 10.5 Å². The number of carboxylic acid groups (broad SMARTS) is 1. The summed E-state index contributed by atoms with van der Waals surface area (Å²) in [5, 5.41) is 22.8. The number of para-hydroxylation sites is 1. The van der Waals surface area contributed by atoms with Gasteiger partial charge in [0.2, 0.25) is 11.9 Å². The van der Waals surface area contributed by atoms with Gasteiger partial charge in [-0.05, 0) is 23.5 Å². The second kappa shape index (κ2) is 12.0. The van der Waals surface area contributed by atoms with Crippen LogP contribution in [0.25, 0.3) is 0 Å². The van der Waals surface area contributed by atoms with Crippen molar-refractivity contribution in [2.75, 3.05) is 5.32 Å². The highest BCUT2D eigenvalue weighted by atomic mass is 32.1. The van der Waals surface area contributed by atoms with Crippen molar-refractivity contribution >= 4 is 51.3 Å². The normalized spacial score (nSPS) is 23.8. The number of aliphatic carboxylic acids is 1. The lowest BCUT2D eigenvalue weighted by atomic mass is 9.92. The Bertz CT molecular complexity index is 1340. The Balaban J connectivity index is 2.04. The van der Waals surface area contributed by atoms with Crippen molar-refractivity contribution in [3.8, 4) is 5.75 Å². The van der Waals surface area contributed by atoms with E-state index in [1.807, 2.05) is 0 Å². The smallest absolute Gasteiger partial charge is 0.345 e. The molecule has 0 bridgehead atoms. The molecule has 40 heavy (non-hydrogen) atoms. The predicted octanol–water partition coefficient (Wildman–Crippen LogP) is 1.68. The Morgan fingerprint density at radius 1 is 1.05 bits per heavy atom. The highest BCUT2D eigenvalue weighted by Crippen LogP contribution is 2.38. The Labute approximate surface area is 229 Å². The van der Waals surface area contributed by atoms with Crippen molar-refractivity contribution in [2.24, 2.45) is 0 Å². The summed E-state index contributed by atoms with van der Waals surface area (Å²) in [6.45, 7) is 4.18. The van der Waals surface area contributed by atoms with Gasteiger partial charge in [-0.25, -0.2) is 9.78 Å². The van der Waals surface area contributed by atoms with Crippen molar-refractivity contribution in [1.29, 1.82) is 0 Å². The number of carbonyl (C=O) groups is 5. The summed E-state index contributed by atoms with van der Waals surface area (Å²) in [5.74, 6) is -7.66. The van der Waals surface area contributed by atoms with Crippen molar-refractivity contribution < 1.29 is 57.7 Å². The highest BCUT2D eigenvalue weighted by Gasteiger charge is 2.61. The second-order valence-electron chi connectivity index (χ2n) is 8.38. The fraction of sp³-hybridized carbons (Fsp3) is 0.391. The summed E-state index contributed by atoms with van der Waals surface area (Å²) in [7, 11) is 0. The van der Waals surface area contributed by atoms with Gasteiger partial charge in [0, 0.05) is 27.7 Å². The maximum atomic E-state index is 13.0. The molecule has 16 nitrogen and oxygen atoms in total. The molecule has 2 N–H and O–H groups in total. The molecule has 1 aromatic heterocycles. The van der Waals surface area contributed by atoms with E-state index in [-0.39, 0.29) is 21.4 Å². The number of rotatable bonds is 9. The standard InChI is InChI=1S/C23H23N3O13S/c1-10(27)35-16-17(36-11(2)28)19(37-12(3)29)23(4,39-18(16)21(31)32)38-14-8-6-5-7-13(14)20(30)25-22-24-9-15(40-22)26(33)34/h5-9,16-19H,1-4H3,(H,31,32)(H,24,25,30)/t16-,17-,18-,19+,23+/m0/s1. The minimum atomic E-state index is -2.23. The summed E-state index contributed by atoms with van der Waals surface area (Å²) in [4.78, 5) is 74.9. The molecule has 1 saturated heterocycles. The summed E-state index contributed by atoms with van der Waals surface area (Å²) >= 11 is 0.606. The number of ether oxygens (including phenoxy) is 5. The first kappa shape index (κ1) is 29.9. The molecule has 1 aliphatic heterocycles. The zero-order valence-electron chi connectivity index (χ0n) is 21.3. The molecule has 0 saturated carbocycles. The van der Waals surface area contributed by atoms with Crippen LogP contribution in [0.4, 0.5) is 10.1 Å². The summed E-state index contributed by atoms with van der Waals surface area (Å²) in [6.07, 6.45) is -6.17. The SMILES string of the molecule is CC(=O)O[C@H]1[C@H](OC(C)=O)[C@@H](OC(C)=O)[C@](C)(Oc2ccccc2C(=O)Nc2ncc([N+](=O)[O-])s2)O[C@@H]1C(=O)O. The molecule has 0 aliphatic carbocycles. The van der Waals surface area contributed by atoms with E-state index >= 15 is 0 Å². The first-order valence-corrected chi connectivity index (χ1v) is 12.2. The van der Waals surface area contributed by atoms with Crippen LogP contribution >= 0.6 is 11.3 Å². The summed E-state index contributed by atoms with van der Waals surface area (Å²) < 4.78 is 27.3. The van der Waals surface area contributed by atoms with Crippen LogP contribution in [0.5, 0.6) is 5.75 Å². The molecule has 0 spiro atoms. The lowest BCUT2D eigenvalue weighted by molar-refractivity contribution is -0.380. The van der Waals surface area contributed by atoms with Gasteiger partial charge >= 0.3 is 28.9 Å². The number of nitro groups is 1. The maximum absolute atomic E-state index is 13.0. The van der Waals surface area contributed by atoms with Gasteiger partial charge in [-0.15, -0.1) is 0 Å². The van der Waals surface area contributed by atoms with Gasteiger partial charge in [-0.1, -0.05) is 12.1 Å². The molecule has 1 fully saturated rings. The molecule has 0 unspecified atom stereocenters. The zero-order valence-corrected chi connectivity index (χ0v) is 22.2. The summed E-state index contributed by atoms with van der Waals surface area (Å²) in [5.41, 5.74) is -0.148. The first-order valence-electron chi connectivity index (χ1n) is 11.3. The number of hydrogen-bond donors (Lipinski definition) is 2. The zero-order chi connectivity index (χ0) is 29.8. The van der Waals surface area contributed by atoms with Crippen LogP contribution in [0, 0.1) is 10.1 Å². The van der Waals surface area contributed by atoms with Crippen LogP contribution in [-0.4, -0.2) is 75.0 Å². The van der Waals surface area contributed by atoms with Gasteiger partial charge in [-0.2, -0.15) is 0 Å². The fourth-order valence-corrected chi connectivity index (χ4v) is 4.46. The van der Waals surface area contributed by atoms with Crippen LogP contribution in [-0.2, 0) is 38.1 Å². The molecule has 2 aromatic rings. The molecular formula is C23H23N3O13S. The Hall–Kier alpha value is -4.64. The number of carboxylic acids is 1. The third kappa shape index (κ3) is 6.86. The second-order valence-corrected chi connectivity index (χ2v) is 9.39. The van der Waals surface area contributed by atoms with Crippen LogP contribution in [0.15, 0.2) is 30.5 Å². The number of nitrogens with zero attached hydrogens (tertiary/aromatic N) is 2. The molecule has 214 valence electrons. The van der Waals surface area contributed by atoms with E-state index in [0.29, 0.717) is 11.3 Å². The number of nitrogens with one attached hydrogen (secondary N) is 1. The number of amides is 1. The molecule has 1 aromatic carbocycles. The maximum Gasteiger partial charge on any atom is 0.345 e. The van der Waals surface area contributed by atoms with E-state index in [0.717, 1.165) is 27.0 Å². The van der Waals surface area contributed by atoms with E-state index in [9.17, 15) is 39.2 Å². The van der Waals surface area contributed by atoms with Crippen LogP contribution in [0.3, 0.4) is 0 Å². The molecule has 5 atom stereocenters. The van der Waals surface area contributed by atoms with Crippen LogP contribution in [0.1, 0.15) is 38.1 Å². The lowest BCUT2D eigenvalue weighted by Gasteiger charge is -2.48. The number of aromatic nitrogens is 1. The van der Waals surface area contributed by atoms with E-state index in [4.69, 9.17) is 23.7 Å². The average molecular weight is 582 g/mol. The quantitative estimate of drug-likeness (QED) is 0.186. The van der Waals surface area contributed by atoms with Crippen molar-refractivity contribution in [3.63, 3.8) is 0 Å². The van der Waals surface area contributed by atoms with Gasteiger partial charge in [0.1, 0.15) is 11.9 Å². The molecule has 2 heterocycles. The van der Waals surface area contributed by atoms with Crippen LogP contribution < -0.4 is 10.1 Å². The van der Waals surface area contributed by atoms with Crippen molar-refractivity contribution in [2.45, 2.75) is 57.9 Å². The topological polar surface area (TPSA) is 220 Å². The molecule has 1 aliphatic rings. The Kier molecular flexibility index (Phi) is 9.00. The minimum Gasteiger partial charge on any atom is -0.479 e. The molecule has 17 heteroatoms. The number of hydrogen-bond acceptors (Lipinski definition) is 14. The largest absolute Gasteiger partial charge is 0.479 e. The van der Waals surface area contributed by atoms with Gasteiger partial charge in [0.25, 0.3) is 5.91 Å². The Morgan fingerprint density at radius 2 is 1.65 bits per heavy atom. The number of esters is 3. The van der Waals surface area contributed by atoms with Crippen molar-refractivity contribution in [3.05, 3.63) is 46.1 Å². The van der Waals surface area contributed by atoms with E-state index in [1.165, 1.54) is 31.2 Å². The number of carbonyl (C=O) groups excluding carboxylic acids is 4. The third-order valence-electron chi connectivity index (χ3n) is 5.28. The number of benzene rings is 1. The Morgan fingerprint density at radius 3 is 2.20 bits per heavy atom. The van der Waals surface area contributed by atoms with Gasteiger partial charge < -0.3 is 28.8 Å². The van der Waals surface area contributed by atoms with Gasteiger partial charge in [-0.3, -0.25) is 34.6 Å². The van der Waals surface area contributed by atoms with Crippen LogP contribution in [0.2, 0.25) is 0 Å². The fourth-order valence-electron chi connectivity index (χ4n) is 3.83. The van der Waals surface area contributed by atoms with Gasteiger partial charge in [0.15, 0.2) is 23.4 Å². The monoisotopic (exact) mass is 581 g/mol. The van der Waals surface area contributed by atoms with Crippen molar-refractivity contribution in [1.82, 2.24) is 4.98 Å². The highest BCUT2D eigenvalue weighted by molar-refractivity contribution is 7.18.